The van der Waals surface area contributed by atoms with Crippen LogP contribution in [0.4, 0.5) is 0 Å². The van der Waals surface area contributed by atoms with Crippen molar-refractivity contribution in [1.29, 1.82) is 0 Å². The fourth-order valence-electron chi connectivity index (χ4n) is 1.91. The number of hydrogen-bond acceptors (Lipinski definition) is 2. The van der Waals surface area contributed by atoms with Crippen molar-refractivity contribution in [2.45, 2.75) is 26.7 Å². The van der Waals surface area contributed by atoms with Gasteiger partial charge in [0.2, 0.25) is 0 Å². The SMILES string of the molecule is CNC(=O)c1nc(C(C)C)n2ccc(C)cc12. The second-order valence-electron chi connectivity index (χ2n) is 4.51. The summed E-state index contributed by atoms with van der Waals surface area (Å²) in [7, 11) is 1.62. The number of nitrogens with one attached hydrogen (secondary N) is 1. The summed E-state index contributed by atoms with van der Waals surface area (Å²) in [5.41, 5.74) is 2.49. The molecule has 4 heteroatoms. The molecule has 1 amide bonds. The van der Waals surface area contributed by atoms with Crippen LogP contribution in [0, 0.1) is 6.92 Å². The lowest BCUT2D eigenvalue weighted by Crippen LogP contribution is -2.18. The van der Waals surface area contributed by atoms with Gasteiger partial charge in [-0.2, -0.15) is 0 Å². The number of aromatic nitrogens is 2. The summed E-state index contributed by atoms with van der Waals surface area (Å²) in [6.07, 6.45) is 1.97. The van der Waals surface area contributed by atoms with Crippen molar-refractivity contribution in [2.75, 3.05) is 7.05 Å². The Labute approximate surface area is 101 Å². The highest BCUT2D eigenvalue weighted by Crippen LogP contribution is 2.20. The Hall–Kier alpha value is -1.84. The molecule has 2 heterocycles. The van der Waals surface area contributed by atoms with Gasteiger partial charge in [-0.25, -0.2) is 4.98 Å². The van der Waals surface area contributed by atoms with Gasteiger partial charge in [-0.15, -0.1) is 0 Å². The molecule has 0 unspecified atom stereocenters. The van der Waals surface area contributed by atoms with E-state index in [1.807, 2.05) is 29.7 Å². The second-order valence-corrected chi connectivity index (χ2v) is 4.51. The van der Waals surface area contributed by atoms with Gasteiger partial charge in [-0.1, -0.05) is 13.8 Å². The molecule has 0 radical (unpaired) electrons. The van der Waals surface area contributed by atoms with Crippen LogP contribution >= 0.6 is 0 Å². The molecule has 0 bridgehead atoms. The largest absolute Gasteiger partial charge is 0.354 e. The third kappa shape index (κ3) is 1.90. The molecule has 2 aromatic heterocycles. The number of carbonyl (C=O) groups is 1. The van der Waals surface area contributed by atoms with E-state index in [1.165, 1.54) is 0 Å². The van der Waals surface area contributed by atoms with Crippen molar-refractivity contribution < 1.29 is 4.79 Å². The maximum Gasteiger partial charge on any atom is 0.271 e. The molecule has 0 atom stereocenters. The van der Waals surface area contributed by atoms with Crippen molar-refractivity contribution in [3.05, 3.63) is 35.4 Å². The third-order valence-electron chi connectivity index (χ3n) is 2.78. The number of aryl methyl sites for hydroxylation is 1. The smallest absolute Gasteiger partial charge is 0.271 e. The van der Waals surface area contributed by atoms with E-state index < -0.39 is 0 Å². The summed E-state index contributed by atoms with van der Waals surface area (Å²) >= 11 is 0. The first kappa shape index (κ1) is 11.6. The molecule has 0 aromatic carbocycles. The Bertz CT molecular complexity index is 569. The van der Waals surface area contributed by atoms with E-state index >= 15 is 0 Å². The van der Waals surface area contributed by atoms with Crippen LogP contribution in [0.1, 0.15) is 41.6 Å². The van der Waals surface area contributed by atoms with E-state index in [0.717, 1.165) is 16.9 Å². The van der Waals surface area contributed by atoms with E-state index in [2.05, 4.69) is 24.1 Å². The lowest BCUT2D eigenvalue weighted by molar-refractivity contribution is 0.0960. The van der Waals surface area contributed by atoms with Crippen molar-refractivity contribution >= 4 is 11.4 Å². The number of pyridine rings is 1. The molecule has 2 aromatic rings. The number of amides is 1. The van der Waals surface area contributed by atoms with Gasteiger partial charge in [-0.3, -0.25) is 4.79 Å². The quantitative estimate of drug-likeness (QED) is 0.860. The zero-order valence-corrected chi connectivity index (χ0v) is 10.6. The Morgan fingerprint density at radius 1 is 1.47 bits per heavy atom. The summed E-state index contributed by atoms with van der Waals surface area (Å²) in [5.74, 6) is 1.06. The number of carbonyl (C=O) groups excluding carboxylic acids is 1. The molecule has 0 spiro atoms. The van der Waals surface area contributed by atoms with Crippen molar-refractivity contribution in [3.63, 3.8) is 0 Å². The molecular weight excluding hydrogens is 214 g/mol. The fourth-order valence-corrected chi connectivity index (χ4v) is 1.91. The van der Waals surface area contributed by atoms with Gasteiger partial charge >= 0.3 is 0 Å². The number of rotatable bonds is 2. The maximum absolute atomic E-state index is 11.8. The predicted molar refractivity (Wildman–Crippen MR) is 67.4 cm³/mol. The molecule has 0 aliphatic carbocycles. The molecule has 2 rings (SSSR count). The van der Waals surface area contributed by atoms with Gasteiger partial charge in [0, 0.05) is 19.2 Å². The highest BCUT2D eigenvalue weighted by molar-refractivity contribution is 5.99. The average Bonchev–Trinajstić information content (AvgIpc) is 2.66. The topological polar surface area (TPSA) is 46.4 Å². The molecule has 1 N–H and O–H groups in total. The highest BCUT2D eigenvalue weighted by atomic mass is 16.1. The zero-order valence-electron chi connectivity index (χ0n) is 10.6. The normalized spacial score (nSPS) is 11.1. The Morgan fingerprint density at radius 2 is 2.18 bits per heavy atom. The first-order chi connectivity index (χ1) is 8.04. The molecule has 90 valence electrons. The van der Waals surface area contributed by atoms with Crippen LogP contribution in [0.15, 0.2) is 18.3 Å². The summed E-state index contributed by atoms with van der Waals surface area (Å²) in [6.45, 7) is 6.15. The minimum atomic E-state index is -0.139. The average molecular weight is 231 g/mol. The lowest BCUT2D eigenvalue weighted by atomic mass is 10.2. The Kier molecular flexibility index (Phi) is 2.88. The van der Waals surface area contributed by atoms with Crippen LogP contribution in [0.3, 0.4) is 0 Å². The number of imidazole rings is 1. The van der Waals surface area contributed by atoms with Crippen LogP contribution in [-0.4, -0.2) is 22.3 Å². The Balaban J connectivity index is 2.75. The summed E-state index contributed by atoms with van der Waals surface area (Å²) < 4.78 is 1.99. The molecule has 0 aliphatic rings. The predicted octanol–water partition coefficient (Wildman–Crippen LogP) is 2.13. The van der Waals surface area contributed by atoms with Gasteiger partial charge < -0.3 is 9.72 Å². The van der Waals surface area contributed by atoms with Crippen LogP contribution in [0.2, 0.25) is 0 Å². The van der Waals surface area contributed by atoms with E-state index in [-0.39, 0.29) is 11.8 Å². The minimum Gasteiger partial charge on any atom is -0.354 e. The van der Waals surface area contributed by atoms with Gasteiger partial charge in [0.05, 0.1) is 5.52 Å². The van der Waals surface area contributed by atoms with Gasteiger partial charge in [0.25, 0.3) is 5.91 Å². The number of fused-ring (bicyclic) bond motifs is 1. The third-order valence-corrected chi connectivity index (χ3v) is 2.78. The lowest BCUT2D eigenvalue weighted by Gasteiger charge is -2.03. The molecule has 0 aliphatic heterocycles. The molecule has 0 fully saturated rings. The van der Waals surface area contributed by atoms with E-state index in [4.69, 9.17) is 0 Å². The van der Waals surface area contributed by atoms with Crippen molar-refractivity contribution in [1.82, 2.24) is 14.7 Å². The monoisotopic (exact) mass is 231 g/mol. The molecule has 0 saturated carbocycles. The van der Waals surface area contributed by atoms with Crippen LogP contribution < -0.4 is 5.32 Å². The number of hydrogen-bond donors (Lipinski definition) is 1. The van der Waals surface area contributed by atoms with Gasteiger partial charge in [0.1, 0.15) is 5.82 Å². The first-order valence-electron chi connectivity index (χ1n) is 5.75. The van der Waals surface area contributed by atoms with Crippen LogP contribution in [-0.2, 0) is 0 Å². The number of nitrogens with zero attached hydrogens (tertiary/aromatic N) is 2. The summed E-state index contributed by atoms with van der Waals surface area (Å²) in [5, 5.41) is 2.63. The molecular formula is C13H17N3O. The maximum atomic E-state index is 11.8. The highest BCUT2D eigenvalue weighted by Gasteiger charge is 2.17. The minimum absolute atomic E-state index is 0.139. The fraction of sp³-hybridized carbons (Fsp3) is 0.385. The molecule has 17 heavy (non-hydrogen) atoms. The summed E-state index contributed by atoms with van der Waals surface area (Å²) in [6, 6.07) is 4.01. The van der Waals surface area contributed by atoms with Crippen molar-refractivity contribution in [2.24, 2.45) is 0 Å². The standard InChI is InChI=1S/C13H17N3O/c1-8(2)12-15-11(13(17)14-4)10-7-9(3)5-6-16(10)12/h5-8H,1-4H3,(H,14,17). The molecule has 0 saturated heterocycles. The first-order valence-corrected chi connectivity index (χ1v) is 5.75. The van der Waals surface area contributed by atoms with Gasteiger partial charge in [-0.05, 0) is 24.6 Å². The Morgan fingerprint density at radius 3 is 2.76 bits per heavy atom. The second kappa shape index (κ2) is 4.20. The van der Waals surface area contributed by atoms with Crippen LogP contribution in [0.5, 0.6) is 0 Å². The zero-order chi connectivity index (χ0) is 12.6. The van der Waals surface area contributed by atoms with E-state index in [9.17, 15) is 4.79 Å². The summed E-state index contributed by atoms with van der Waals surface area (Å²) in [4.78, 5) is 16.2. The molecule has 4 nitrogen and oxygen atoms in total. The van der Waals surface area contributed by atoms with Crippen molar-refractivity contribution in [3.8, 4) is 0 Å². The van der Waals surface area contributed by atoms with E-state index in [1.54, 1.807) is 7.05 Å². The van der Waals surface area contributed by atoms with Crippen LogP contribution in [0.25, 0.3) is 5.52 Å². The van der Waals surface area contributed by atoms with Gasteiger partial charge in [0.15, 0.2) is 5.69 Å². The van der Waals surface area contributed by atoms with E-state index in [0.29, 0.717) is 5.69 Å².